The zero-order chi connectivity index (χ0) is 42.3. The summed E-state index contributed by atoms with van der Waals surface area (Å²) in [7, 11) is 0. The van der Waals surface area contributed by atoms with Gasteiger partial charge < -0.3 is 0 Å². The third-order valence-corrected chi connectivity index (χ3v) is 13.9. The molecule has 0 amide bonds. The van der Waals surface area contributed by atoms with Gasteiger partial charge in [-0.2, -0.15) is 0 Å². The number of rotatable bonds is 4. The van der Waals surface area contributed by atoms with Gasteiger partial charge in [0.1, 0.15) is 0 Å². The smallest absolute Gasteiger partial charge is 0.0739 e. The second-order valence-corrected chi connectivity index (χ2v) is 20.3. The second-order valence-electron chi connectivity index (χ2n) is 13.3. The molecule has 16 heteroatoms. The van der Waals surface area contributed by atoms with Crippen LogP contribution in [0, 0.1) is 0 Å². The van der Waals surface area contributed by atoms with Crippen molar-refractivity contribution < 1.29 is 0 Å². The average molecular weight is 1200 g/mol. The van der Waals surface area contributed by atoms with Crippen molar-refractivity contribution in [1.82, 2.24) is 0 Å². The van der Waals surface area contributed by atoms with E-state index < -0.39 is 0 Å². The second kappa shape index (κ2) is 17.0. The molecule has 0 aliphatic carbocycles. The molecule has 296 valence electrons. The molecule has 0 atom stereocenters. The maximum atomic E-state index is 7.03. The Balaban J connectivity index is 1.44. The van der Waals surface area contributed by atoms with E-state index in [1.807, 2.05) is 48.6 Å². The van der Waals surface area contributed by atoms with Gasteiger partial charge in [-0.25, -0.2) is 20.0 Å². The zero-order valence-corrected chi connectivity index (χ0v) is 42.0. The highest BCUT2D eigenvalue weighted by Crippen LogP contribution is 2.47. The Morgan fingerprint density at radius 2 is 0.433 bits per heavy atom. The molecule has 5 aliphatic rings. The number of hydrogen-bond acceptors (Lipinski definition) is 4. The van der Waals surface area contributed by atoms with Crippen LogP contribution in [0.1, 0.15) is 22.3 Å². The van der Waals surface area contributed by atoms with Crippen LogP contribution in [-0.4, -0.2) is 22.8 Å². The molecule has 60 heavy (non-hydrogen) atoms. The minimum Gasteiger partial charge on any atom is -0.248 e. The van der Waals surface area contributed by atoms with Crippen molar-refractivity contribution >= 4 is 202 Å². The molecule has 0 radical (unpaired) electrons. The lowest BCUT2D eigenvalue weighted by atomic mass is 9.98. The Labute approximate surface area is 417 Å². The summed E-state index contributed by atoms with van der Waals surface area (Å²) in [5, 5.41) is 2.98. The van der Waals surface area contributed by atoms with Gasteiger partial charge in [0.2, 0.25) is 0 Å². The number of fused-ring (bicyclic) bond motifs is 4. The minimum absolute atomic E-state index is 0.372. The lowest BCUT2D eigenvalue weighted by molar-refractivity contribution is 1.40. The molecule has 0 spiro atoms. The number of allylic oxidation sites excluding steroid dienone is 12. The summed E-state index contributed by atoms with van der Waals surface area (Å²) >= 11 is 70.3. The van der Waals surface area contributed by atoms with Crippen LogP contribution in [0.5, 0.6) is 0 Å². The van der Waals surface area contributed by atoms with Gasteiger partial charge in [0.05, 0.1) is 85.8 Å². The number of aliphatic imine (C=N–C) groups is 4. The summed E-state index contributed by atoms with van der Waals surface area (Å²) in [6.07, 6.45) is 14.9. The Hall–Kier alpha value is -2.28. The number of nitrogens with zero attached hydrogens (tertiary/aromatic N) is 4. The fourth-order valence-corrected chi connectivity index (χ4v) is 12.8. The normalized spacial score (nSPS) is 16.9. The zero-order valence-electron chi connectivity index (χ0n) is 29.6. The van der Waals surface area contributed by atoms with E-state index in [2.05, 4.69) is 63.7 Å². The van der Waals surface area contributed by atoms with Crippen LogP contribution >= 0.6 is 157 Å². The molecule has 0 unspecified atom stereocenters. The third kappa shape index (κ3) is 7.86. The summed E-state index contributed by atoms with van der Waals surface area (Å²) in [5.74, 6) is 0. The fourth-order valence-electron chi connectivity index (χ4n) is 7.24. The van der Waals surface area contributed by atoms with Crippen LogP contribution in [0.3, 0.4) is 0 Å². The molecule has 4 nitrogen and oxygen atoms in total. The van der Waals surface area contributed by atoms with Gasteiger partial charge in [0.25, 0.3) is 0 Å². The first-order valence-corrected chi connectivity index (χ1v) is 23.5. The molecular formula is C44H16Br4Cl8N4. The Morgan fingerprint density at radius 3 is 0.600 bits per heavy atom. The van der Waals surface area contributed by atoms with Gasteiger partial charge in [-0.05, 0) is 97.1 Å². The molecule has 0 saturated heterocycles. The van der Waals surface area contributed by atoms with Crippen LogP contribution in [0.2, 0.25) is 40.2 Å². The van der Waals surface area contributed by atoms with E-state index in [1.165, 1.54) is 0 Å². The highest BCUT2D eigenvalue weighted by atomic mass is 79.9. The Kier molecular flexibility index (Phi) is 12.2. The molecule has 4 aromatic rings. The largest absolute Gasteiger partial charge is 0.248 e. The first-order chi connectivity index (χ1) is 28.7. The van der Waals surface area contributed by atoms with Crippen molar-refractivity contribution in [3.63, 3.8) is 0 Å². The van der Waals surface area contributed by atoms with Crippen LogP contribution in [0.15, 0.2) is 158 Å². The maximum Gasteiger partial charge on any atom is 0.0739 e. The van der Waals surface area contributed by atoms with E-state index in [4.69, 9.17) is 113 Å². The van der Waals surface area contributed by atoms with E-state index in [0.717, 1.165) is 0 Å². The van der Waals surface area contributed by atoms with Crippen LogP contribution in [0.25, 0.3) is 22.3 Å². The summed E-state index contributed by atoms with van der Waals surface area (Å²) in [5.41, 5.74) is 8.40. The van der Waals surface area contributed by atoms with Crippen molar-refractivity contribution in [3.05, 3.63) is 200 Å². The number of halogens is 12. The summed E-state index contributed by atoms with van der Waals surface area (Å²) in [6, 6.07) is 14.1. The molecule has 5 heterocycles. The van der Waals surface area contributed by atoms with Crippen molar-refractivity contribution in [3.8, 4) is 0 Å². The molecule has 8 bridgehead atoms. The minimum atomic E-state index is 0.372. The van der Waals surface area contributed by atoms with E-state index in [9.17, 15) is 0 Å². The van der Waals surface area contributed by atoms with Gasteiger partial charge in [-0.1, -0.05) is 157 Å². The maximum absolute atomic E-state index is 7.03. The van der Waals surface area contributed by atoms with Crippen molar-refractivity contribution in [2.24, 2.45) is 20.0 Å². The highest BCUT2D eigenvalue weighted by molar-refractivity contribution is 9.11. The van der Waals surface area contributed by atoms with E-state index >= 15 is 0 Å². The molecule has 5 aliphatic heterocycles. The topological polar surface area (TPSA) is 49.4 Å². The molecule has 4 aromatic carbocycles. The van der Waals surface area contributed by atoms with Crippen molar-refractivity contribution in [1.29, 1.82) is 0 Å². The lowest BCUT2D eigenvalue weighted by Crippen LogP contribution is -2.05. The van der Waals surface area contributed by atoms with Gasteiger partial charge >= 0.3 is 0 Å². The van der Waals surface area contributed by atoms with Crippen LogP contribution in [-0.2, 0) is 0 Å². The monoisotopic (exact) mass is 1200 g/mol. The predicted molar refractivity (Wildman–Crippen MR) is 271 cm³/mol. The van der Waals surface area contributed by atoms with Gasteiger partial charge in [0, 0.05) is 62.4 Å². The summed E-state index contributed by atoms with van der Waals surface area (Å²) in [4.78, 5) is 21.0. The fraction of sp³-hybridized carbons (Fsp3) is 0. The first kappa shape index (κ1) is 43.0. The van der Waals surface area contributed by atoms with Gasteiger partial charge in [-0.3, -0.25) is 0 Å². The molecule has 0 fully saturated rings. The number of benzene rings is 4. The lowest BCUT2D eigenvalue weighted by Gasteiger charge is -2.16. The first-order valence-electron chi connectivity index (χ1n) is 17.3. The standard InChI is InChI=1S/C44H16Br4Cl8N4/c45-17-9-21(49)37(22(50)10-17)41-29-1-2-30(57-29)42(38-23(51)11-18(46)12-24(38)52)32-5-6-34(59-32)44(40-27(55)15-20(48)16-28(40)56)36-8-7-35(60-36)43(33-4-3-31(41)58-33)39-25(53)13-19(47)14-26(39)54/h1-16H. The SMILES string of the molecule is Clc1cc(Br)cc(Cl)c1C1=C2C=CC(=N2)C(c2c(Cl)cc(Br)cc2Cl)=C2C=CC(=N2)C(c2c(Cl)cc(Br)cc2Cl)=C2C=CC(=N2)C(c2c(Cl)cc(Br)cc2Cl)=C2C=CC1=N2. The van der Waals surface area contributed by atoms with Gasteiger partial charge in [-0.15, -0.1) is 0 Å². The molecule has 0 saturated carbocycles. The van der Waals surface area contributed by atoms with E-state index in [0.29, 0.717) is 148 Å². The molecule has 0 N–H and O–H groups in total. The Bertz CT molecular complexity index is 2600. The van der Waals surface area contributed by atoms with Crippen molar-refractivity contribution in [2.75, 3.05) is 0 Å². The average Bonchev–Trinajstić information content (AvgIpc) is 3.99. The third-order valence-electron chi connectivity index (χ3n) is 9.64. The quantitative estimate of drug-likeness (QED) is 0.196. The van der Waals surface area contributed by atoms with Crippen molar-refractivity contribution in [2.45, 2.75) is 0 Å². The van der Waals surface area contributed by atoms with E-state index in [1.54, 1.807) is 48.5 Å². The van der Waals surface area contributed by atoms with Gasteiger partial charge in [0.15, 0.2) is 0 Å². The molecule has 9 rings (SSSR count). The highest BCUT2D eigenvalue weighted by Gasteiger charge is 2.32. The predicted octanol–water partition coefficient (Wildman–Crippen LogP) is 18.0. The number of hydrogen-bond donors (Lipinski definition) is 0. The van der Waals surface area contributed by atoms with E-state index in [-0.39, 0.29) is 0 Å². The Morgan fingerprint density at radius 1 is 0.267 bits per heavy atom. The van der Waals surface area contributed by atoms with Crippen LogP contribution < -0.4 is 0 Å². The summed E-state index contributed by atoms with van der Waals surface area (Å²) in [6.45, 7) is 0. The molecule has 0 aromatic heterocycles. The summed E-state index contributed by atoms with van der Waals surface area (Å²) < 4.78 is 2.80. The molecular weight excluding hydrogens is 1190 g/mol. The van der Waals surface area contributed by atoms with Crippen LogP contribution in [0.4, 0.5) is 0 Å².